The Morgan fingerprint density at radius 2 is 1.91 bits per heavy atom. The fraction of sp³-hybridized carbons (Fsp3) is 0.118. The van der Waals surface area contributed by atoms with Gasteiger partial charge in [0.1, 0.15) is 11.6 Å². The molecule has 1 aromatic heterocycles. The summed E-state index contributed by atoms with van der Waals surface area (Å²) in [7, 11) is 0. The molecule has 5 heteroatoms. The Morgan fingerprint density at radius 3 is 2.59 bits per heavy atom. The van der Waals surface area contributed by atoms with Gasteiger partial charge in [0.25, 0.3) is 0 Å². The van der Waals surface area contributed by atoms with E-state index in [4.69, 9.17) is 0 Å². The molecule has 0 aliphatic carbocycles. The van der Waals surface area contributed by atoms with E-state index in [0.717, 1.165) is 16.5 Å². The number of aromatic amines is 1. The van der Waals surface area contributed by atoms with Crippen LogP contribution in [0.3, 0.4) is 0 Å². The zero-order valence-electron chi connectivity index (χ0n) is 11.6. The number of fused-ring (bicyclic) bond motifs is 1. The van der Waals surface area contributed by atoms with Gasteiger partial charge in [0.2, 0.25) is 0 Å². The summed E-state index contributed by atoms with van der Waals surface area (Å²) in [5, 5.41) is 19.4. The number of phenolic OH excluding ortho intramolecular Hbond substituents is 1. The SMILES string of the molecule is O=C(O)CC(c1ccc(O)cc1)c1c[nH]c2cc(F)ccc12. The summed E-state index contributed by atoms with van der Waals surface area (Å²) < 4.78 is 13.3. The zero-order valence-corrected chi connectivity index (χ0v) is 11.6. The monoisotopic (exact) mass is 299 g/mol. The molecule has 1 atom stereocenters. The van der Waals surface area contributed by atoms with Crippen LogP contribution in [0, 0.1) is 5.82 Å². The first kappa shape index (κ1) is 14.1. The molecule has 4 nitrogen and oxygen atoms in total. The summed E-state index contributed by atoms with van der Waals surface area (Å²) in [6.45, 7) is 0. The lowest BCUT2D eigenvalue weighted by molar-refractivity contribution is -0.137. The van der Waals surface area contributed by atoms with Gasteiger partial charge in [0.15, 0.2) is 0 Å². The third-order valence-corrected chi connectivity index (χ3v) is 3.73. The van der Waals surface area contributed by atoms with E-state index in [9.17, 15) is 19.4 Å². The van der Waals surface area contributed by atoms with Gasteiger partial charge in [0.05, 0.1) is 6.42 Å². The van der Waals surface area contributed by atoms with Gasteiger partial charge in [0, 0.05) is 23.0 Å². The number of nitrogens with one attached hydrogen (secondary N) is 1. The Morgan fingerprint density at radius 1 is 1.18 bits per heavy atom. The predicted octanol–water partition coefficient (Wildman–Crippen LogP) is 3.62. The summed E-state index contributed by atoms with van der Waals surface area (Å²) in [4.78, 5) is 14.2. The molecule has 0 aliphatic heterocycles. The smallest absolute Gasteiger partial charge is 0.304 e. The number of carboxylic acids is 1. The molecule has 0 fully saturated rings. The summed E-state index contributed by atoms with van der Waals surface area (Å²) >= 11 is 0. The third-order valence-electron chi connectivity index (χ3n) is 3.73. The van der Waals surface area contributed by atoms with Crippen molar-refractivity contribution >= 4 is 16.9 Å². The molecule has 1 unspecified atom stereocenters. The topological polar surface area (TPSA) is 73.3 Å². The van der Waals surface area contributed by atoms with Crippen molar-refractivity contribution in [3.63, 3.8) is 0 Å². The Balaban J connectivity index is 2.11. The fourth-order valence-electron chi connectivity index (χ4n) is 2.70. The predicted molar refractivity (Wildman–Crippen MR) is 80.5 cm³/mol. The van der Waals surface area contributed by atoms with Crippen molar-refractivity contribution < 1.29 is 19.4 Å². The highest BCUT2D eigenvalue weighted by molar-refractivity contribution is 5.85. The Bertz CT molecular complexity index is 824. The van der Waals surface area contributed by atoms with Crippen molar-refractivity contribution in [1.29, 1.82) is 0 Å². The Labute approximate surface area is 125 Å². The van der Waals surface area contributed by atoms with E-state index in [1.807, 2.05) is 0 Å². The van der Waals surface area contributed by atoms with E-state index in [1.165, 1.54) is 24.3 Å². The van der Waals surface area contributed by atoms with Gasteiger partial charge < -0.3 is 15.2 Å². The van der Waals surface area contributed by atoms with Crippen molar-refractivity contribution in [2.45, 2.75) is 12.3 Å². The van der Waals surface area contributed by atoms with Crippen molar-refractivity contribution in [2.24, 2.45) is 0 Å². The van der Waals surface area contributed by atoms with Crippen molar-refractivity contribution in [1.82, 2.24) is 4.98 Å². The number of aromatic nitrogens is 1. The van der Waals surface area contributed by atoms with Crippen LogP contribution < -0.4 is 0 Å². The molecule has 1 heterocycles. The first-order valence-electron chi connectivity index (χ1n) is 6.82. The van der Waals surface area contributed by atoms with Crippen molar-refractivity contribution in [2.75, 3.05) is 0 Å². The number of hydrogen-bond acceptors (Lipinski definition) is 2. The highest BCUT2D eigenvalue weighted by Gasteiger charge is 2.21. The van der Waals surface area contributed by atoms with Crippen LogP contribution in [0.5, 0.6) is 5.75 Å². The summed E-state index contributed by atoms with van der Waals surface area (Å²) in [5.74, 6) is -1.52. The number of benzene rings is 2. The van der Waals surface area contributed by atoms with Gasteiger partial charge in [-0.15, -0.1) is 0 Å². The lowest BCUT2D eigenvalue weighted by Gasteiger charge is -2.15. The molecule has 0 saturated heterocycles. The normalized spacial score (nSPS) is 12.4. The van der Waals surface area contributed by atoms with Crippen LogP contribution in [0.4, 0.5) is 4.39 Å². The highest BCUT2D eigenvalue weighted by Crippen LogP contribution is 2.34. The quantitative estimate of drug-likeness (QED) is 0.689. The molecule has 0 saturated carbocycles. The molecule has 2 aromatic carbocycles. The molecule has 3 aromatic rings. The van der Waals surface area contributed by atoms with Crippen LogP contribution in [-0.4, -0.2) is 21.2 Å². The largest absolute Gasteiger partial charge is 0.508 e. The summed E-state index contributed by atoms with van der Waals surface area (Å²) in [6.07, 6.45) is 1.62. The molecule has 22 heavy (non-hydrogen) atoms. The van der Waals surface area contributed by atoms with Gasteiger partial charge >= 0.3 is 5.97 Å². The van der Waals surface area contributed by atoms with Crippen LogP contribution >= 0.6 is 0 Å². The summed E-state index contributed by atoms with van der Waals surface area (Å²) in [6, 6.07) is 10.8. The first-order chi connectivity index (χ1) is 10.5. The number of H-pyrrole nitrogens is 1. The van der Waals surface area contributed by atoms with E-state index in [2.05, 4.69) is 4.98 Å². The van der Waals surface area contributed by atoms with Crippen LogP contribution in [0.15, 0.2) is 48.7 Å². The Kier molecular flexibility index (Phi) is 3.55. The molecule has 3 N–H and O–H groups in total. The average molecular weight is 299 g/mol. The molecule has 0 spiro atoms. The molecule has 112 valence electrons. The van der Waals surface area contributed by atoms with Crippen LogP contribution in [0.25, 0.3) is 10.9 Å². The zero-order chi connectivity index (χ0) is 15.7. The lowest BCUT2D eigenvalue weighted by Crippen LogP contribution is -2.07. The first-order valence-corrected chi connectivity index (χ1v) is 6.82. The maximum absolute atomic E-state index is 13.3. The van der Waals surface area contributed by atoms with Gasteiger partial charge in [-0.25, -0.2) is 4.39 Å². The number of rotatable bonds is 4. The standard InChI is InChI=1S/C17H14FNO3/c18-11-3-6-13-15(9-19-16(13)7-11)14(8-17(21)22)10-1-4-12(20)5-2-10/h1-7,9,14,19-20H,8H2,(H,21,22). The number of halogens is 1. The highest BCUT2D eigenvalue weighted by atomic mass is 19.1. The van der Waals surface area contributed by atoms with Crippen LogP contribution in [0.1, 0.15) is 23.5 Å². The minimum Gasteiger partial charge on any atom is -0.508 e. The Hall–Kier alpha value is -2.82. The molecule has 3 rings (SSSR count). The van der Waals surface area contributed by atoms with Crippen molar-refractivity contribution in [3.05, 3.63) is 65.6 Å². The second-order valence-electron chi connectivity index (χ2n) is 5.18. The molecule has 0 radical (unpaired) electrons. The lowest BCUT2D eigenvalue weighted by atomic mass is 9.88. The van der Waals surface area contributed by atoms with E-state index in [1.54, 1.807) is 24.4 Å². The van der Waals surface area contributed by atoms with Gasteiger partial charge in [-0.2, -0.15) is 0 Å². The molecular formula is C17H14FNO3. The molecular weight excluding hydrogens is 285 g/mol. The molecule has 0 bridgehead atoms. The summed E-state index contributed by atoms with van der Waals surface area (Å²) in [5.41, 5.74) is 2.21. The van der Waals surface area contributed by atoms with Gasteiger partial charge in [-0.05, 0) is 41.5 Å². The minimum atomic E-state index is -0.922. The number of hydrogen-bond donors (Lipinski definition) is 3. The molecule has 0 amide bonds. The second kappa shape index (κ2) is 5.52. The fourth-order valence-corrected chi connectivity index (χ4v) is 2.70. The number of aromatic hydroxyl groups is 1. The van der Waals surface area contributed by atoms with Gasteiger partial charge in [-0.3, -0.25) is 4.79 Å². The number of carbonyl (C=O) groups is 1. The van der Waals surface area contributed by atoms with Crippen molar-refractivity contribution in [3.8, 4) is 5.75 Å². The van der Waals surface area contributed by atoms with E-state index in [0.29, 0.717) is 5.52 Å². The second-order valence-corrected chi connectivity index (χ2v) is 5.18. The van der Waals surface area contributed by atoms with E-state index >= 15 is 0 Å². The number of aliphatic carboxylic acids is 1. The van der Waals surface area contributed by atoms with E-state index < -0.39 is 5.97 Å². The number of phenols is 1. The number of carboxylic acid groups (broad SMARTS) is 1. The van der Waals surface area contributed by atoms with E-state index in [-0.39, 0.29) is 23.9 Å². The van der Waals surface area contributed by atoms with Crippen LogP contribution in [0.2, 0.25) is 0 Å². The minimum absolute atomic E-state index is 0.0882. The third kappa shape index (κ3) is 2.65. The average Bonchev–Trinajstić information content (AvgIpc) is 2.88. The molecule has 0 aliphatic rings. The maximum Gasteiger partial charge on any atom is 0.304 e. The maximum atomic E-state index is 13.3. The van der Waals surface area contributed by atoms with Crippen LogP contribution in [-0.2, 0) is 4.79 Å². The van der Waals surface area contributed by atoms with Gasteiger partial charge in [-0.1, -0.05) is 12.1 Å².